The average Bonchev–Trinajstić information content (AvgIpc) is 2.60. The molecule has 142 valence electrons. The Morgan fingerprint density at radius 3 is 2.46 bits per heavy atom. The third-order valence-corrected chi connectivity index (χ3v) is 4.48. The number of hydrogen-bond donors (Lipinski definition) is 1. The fraction of sp³-hybridized carbons (Fsp3) is 0.550. The molecule has 2 unspecified atom stereocenters. The maximum absolute atomic E-state index is 12.5. The van der Waals surface area contributed by atoms with Gasteiger partial charge < -0.3 is 15.0 Å². The predicted octanol–water partition coefficient (Wildman–Crippen LogP) is 3.09. The van der Waals surface area contributed by atoms with Crippen LogP contribution in [0, 0.1) is 11.8 Å². The van der Waals surface area contributed by atoms with Crippen LogP contribution in [0.5, 0.6) is 0 Å². The number of unbranched alkanes of at least 4 members (excludes halogenated alkanes) is 1. The lowest BCUT2D eigenvalue weighted by Crippen LogP contribution is -2.47. The Balaban J connectivity index is 2.04. The number of para-hydroxylation sites is 1. The molecule has 6 nitrogen and oxygen atoms in total. The van der Waals surface area contributed by atoms with Crippen molar-refractivity contribution in [1.82, 2.24) is 4.90 Å². The molecular weight excluding hydrogens is 332 g/mol. The Bertz CT molecular complexity index is 649. The largest absolute Gasteiger partial charge is 0.462 e. The first kappa shape index (κ1) is 19.9. The van der Waals surface area contributed by atoms with E-state index in [2.05, 4.69) is 19.2 Å². The summed E-state index contributed by atoms with van der Waals surface area (Å²) in [5.74, 6) is -1.03. The van der Waals surface area contributed by atoms with Gasteiger partial charge in [-0.2, -0.15) is 0 Å². The monoisotopic (exact) mass is 360 g/mol. The molecule has 1 aromatic carbocycles. The molecule has 2 rings (SSSR count). The lowest BCUT2D eigenvalue weighted by molar-refractivity contribution is -0.144. The van der Waals surface area contributed by atoms with Crippen molar-refractivity contribution >= 4 is 23.5 Å². The summed E-state index contributed by atoms with van der Waals surface area (Å²) in [5.41, 5.74) is 0.551. The second-order valence-electron chi connectivity index (χ2n) is 7.15. The number of anilines is 1. The molecule has 1 aliphatic heterocycles. The molecule has 1 saturated heterocycles. The average molecular weight is 360 g/mol. The molecule has 0 radical (unpaired) electrons. The summed E-state index contributed by atoms with van der Waals surface area (Å²) < 4.78 is 5.21. The van der Waals surface area contributed by atoms with Gasteiger partial charge in [-0.05, 0) is 36.8 Å². The Morgan fingerprint density at radius 2 is 1.81 bits per heavy atom. The van der Waals surface area contributed by atoms with Gasteiger partial charge in [0.05, 0.1) is 17.9 Å². The van der Waals surface area contributed by atoms with Gasteiger partial charge in [-0.25, -0.2) is 4.79 Å². The molecule has 1 heterocycles. The van der Waals surface area contributed by atoms with Gasteiger partial charge in [-0.1, -0.05) is 39.3 Å². The molecule has 0 aromatic heterocycles. The van der Waals surface area contributed by atoms with Crippen LogP contribution in [-0.4, -0.2) is 42.4 Å². The van der Waals surface area contributed by atoms with E-state index in [9.17, 15) is 14.4 Å². The highest BCUT2D eigenvalue weighted by Gasteiger charge is 2.29. The van der Waals surface area contributed by atoms with Gasteiger partial charge in [0.15, 0.2) is 0 Å². The summed E-state index contributed by atoms with van der Waals surface area (Å²) >= 11 is 0. The number of esters is 1. The summed E-state index contributed by atoms with van der Waals surface area (Å²) in [6, 6.07) is 6.58. The number of ether oxygens (including phenoxy) is 1. The molecule has 1 aliphatic rings. The highest BCUT2D eigenvalue weighted by Crippen LogP contribution is 2.22. The lowest BCUT2D eigenvalue weighted by atomic mass is 9.92. The first-order valence-electron chi connectivity index (χ1n) is 9.28. The minimum absolute atomic E-state index is 0.255. The van der Waals surface area contributed by atoms with Crippen molar-refractivity contribution in [1.29, 1.82) is 0 Å². The molecule has 2 amide bonds. The standard InChI is InChI=1S/C20H28N2O4/c1-4-5-10-26-20(25)16-8-6-7-9-17(16)21-18(23)19(24)22-12-14(2)11-15(3)13-22/h6-9,14-15H,4-5,10-13H2,1-3H3,(H,21,23). The Labute approximate surface area is 154 Å². The second kappa shape index (κ2) is 9.36. The van der Waals surface area contributed by atoms with Crippen LogP contribution in [0.25, 0.3) is 0 Å². The van der Waals surface area contributed by atoms with E-state index >= 15 is 0 Å². The van der Waals surface area contributed by atoms with E-state index in [1.165, 1.54) is 0 Å². The van der Waals surface area contributed by atoms with E-state index in [0.29, 0.717) is 37.2 Å². The van der Waals surface area contributed by atoms with Crippen molar-refractivity contribution in [2.45, 2.75) is 40.0 Å². The number of likely N-dealkylation sites (tertiary alicyclic amines) is 1. The molecule has 0 spiro atoms. The van der Waals surface area contributed by atoms with Crippen molar-refractivity contribution < 1.29 is 19.1 Å². The van der Waals surface area contributed by atoms with E-state index in [0.717, 1.165) is 19.3 Å². The number of carbonyl (C=O) groups is 3. The van der Waals surface area contributed by atoms with Crippen molar-refractivity contribution in [3.8, 4) is 0 Å². The van der Waals surface area contributed by atoms with Crippen molar-refractivity contribution in [2.24, 2.45) is 11.8 Å². The zero-order chi connectivity index (χ0) is 19.1. The van der Waals surface area contributed by atoms with Crippen molar-refractivity contribution in [2.75, 3.05) is 25.0 Å². The van der Waals surface area contributed by atoms with Crippen LogP contribution in [-0.2, 0) is 14.3 Å². The minimum atomic E-state index is -0.722. The number of benzene rings is 1. The molecule has 0 aliphatic carbocycles. The third kappa shape index (κ3) is 5.31. The van der Waals surface area contributed by atoms with Gasteiger partial charge in [0, 0.05) is 13.1 Å². The van der Waals surface area contributed by atoms with Crippen LogP contribution in [0.4, 0.5) is 5.69 Å². The zero-order valence-electron chi connectivity index (χ0n) is 15.8. The SMILES string of the molecule is CCCCOC(=O)c1ccccc1NC(=O)C(=O)N1CC(C)CC(C)C1. The minimum Gasteiger partial charge on any atom is -0.462 e. The maximum atomic E-state index is 12.5. The number of nitrogens with zero attached hydrogens (tertiary/aromatic N) is 1. The molecule has 0 saturated carbocycles. The molecule has 2 atom stereocenters. The molecule has 1 fully saturated rings. The fourth-order valence-electron chi connectivity index (χ4n) is 3.31. The smallest absolute Gasteiger partial charge is 0.340 e. The summed E-state index contributed by atoms with van der Waals surface area (Å²) in [5, 5.41) is 2.58. The number of hydrogen-bond acceptors (Lipinski definition) is 4. The van der Waals surface area contributed by atoms with Crippen LogP contribution < -0.4 is 5.32 Å². The Morgan fingerprint density at radius 1 is 1.15 bits per heavy atom. The first-order chi connectivity index (χ1) is 12.4. The van der Waals surface area contributed by atoms with Gasteiger partial charge in [0.2, 0.25) is 0 Å². The van der Waals surface area contributed by atoms with Crippen molar-refractivity contribution in [3.63, 3.8) is 0 Å². The van der Waals surface area contributed by atoms with Crippen LogP contribution in [0.3, 0.4) is 0 Å². The third-order valence-electron chi connectivity index (χ3n) is 4.48. The van der Waals surface area contributed by atoms with E-state index in [-0.39, 0.29) is 5.56 Å². The highest BCUT2D eigenvalue weighted by molar-refractivity contribution is 6.39. The van der Waals surface area contributed by atoms with Gasteiger partial charge in [-0.15, -0.1) is 0 Å². The topological polar surface area (TPSA) is 75.7 Å². The first-order valence-corrected chi connectivity index (χ1v) is 9.28. The second-order valence-corrected chi connectivity index (χ2v) is 7.15. The van der Waals surface area contributed by atoms with Crippen LogP contribution in [0.15, 0.2) is 24.3 Å². The molecule has 0 bridgehead atoms. The number of nitrogens with one attached hydrogen (secondary N) is 1. The van der Waals surface area contributed by atoms with Gasteiger partial charge >= 0.3 is 17.8 Å². The summed E-state index contributed by atoms with van der Waals surface area (Å²) in [4.78, 5) is 38.7. The van der Waals surface area contributed by atoms with E-state index in [4.69, 9.17) is 4.74 Å². The van der Waals surface area contributed by atoms with Gasteiger partial charge in [-0.3, -0.25) is 9.59 Å². The normalized spacial score (nSPS) is 19.7. The van der Waals surface area contributed by atoms with E-state index < -0.39 is 17.8 Å². The summed E-state index contributed by atoms with van der Waals surface area (Å²) in [7, 11) is 0. The molecule has 26 heavy (non-hydrogen) atoms. The van der Waals surface area contributed by atoms with Crippen LogP contribution in [0.1, 0.15) is 50.4 Å². The predicted molar refractivity (Wildman–Crippen MR) is 99.8 cm³/mol. The maximum Gasteiger partial charge on any atom is 0.340 e. The summed E-state index contributed by atoms with van der Waals surface area (Å²) in [6.07, 6.45) is 2.76. The number of piperidine rings is 1. The molecular formula is C20H28N2O4. The molecule has 1 aromatic rings. The lowest BCUT2D eigenvalue weighted by Gasteiger charge is -2.34. The van der Waals surface area contributed by atoms with Crippen LogP contribution in [0.2, 0.25) is 0 Å². The Kier molecular flexibility index (Phi) is 7.18. The fourth-order valence-corrected chi connectivity index (χ4v) is 3.31. The highest BCUT2D eigenvalue weighted by atomic mass is 16.5. The van der Waals surface area contributed by atoms with E-state index in [1.807, 2.05) is 6.92 Å². The van der Waals surface area contributed by atoms with Crippen LogP contribution >= 0.6 is 0 Å². The molecule has 6 heteroatoms. The molecule has 1 N–H and O–H groups in total. The van der Waals surface area contributed by atoms with Gasteiger partial charge in [0.25, 0.3) is 0 Å². The van der Waals surface area contributed by atoms with E-state index in [1.54, 1.807) is 29.2 Å². The zero-order valence-corrected chi connectivity index (χ0v) is 15.8. The Hall–Kier alpha value is -2.37. The van der Waals surface area contributed by atoms with Gasteiger partial charge in [0.1, 0.15) is 0 Å². The number of carbonyl (C=O) groups excluding carboxylic acids is 3. The number of amides is 2. The quantitative estimate of drug-likeness (QED) is 0.497. The van der Waals surface area contributed by atoms with Crippen molar-refractivity contribution in [3.05, 3.63) is 29.8 Å². The number of rotatable bonds is 5. The summed E-state index contributed by atoms with van der Waals surface area (Å²) in [6.45, 7) is 7.66.